The van der Waals surface area contributed by atoms with Gasteiger partial charge in [0.2, 0.25) is 0 Å². The minimum atomic E-state index is 0.318. The summed E-state index contributed by atoms with van der Waals surface area (Å²) in [7, 11) is 0. The molecule has 0 saturated carbocycles. The maximum absolute atomic E-state index is 8.77. The minimum absolute atomic E-state index is 0.318. The lowest BCUT2D eigenvalue weighted by molar-refractivity contribution is 0.0571. The molecule has 0 aromatic heterocycles. The Morgan fingerprint density at radius 1 is 1.36 bits per heavy atom. The summed E-state index contributed by atoms with van der Waals surface area (Å²) in [4.78, 5) is 5.01. The molecule has 1 heterocycles. The highest BCUT2D eigenvalue weighted by atomic mass is 16.3. The van der Waals surface area contributed by atoms with Gasteiger partial charge in [-0.2, -0.15) is 0 Å². The van der Waals surface area contributed by atoms with Crippen molar-refractivity contribution in [2.24, 2.45) is 0 Å². The molecule has 1 atom stereocenters. The van der Waals surface area contributed by atoms with Crippen LogP contribution in [-0.2, 0) is 0 Å². The van der Waals surface area contributed by atoms with E-state index in [1.54, 1.807) is 0 Å². The number of aliphatic hydroxyl groups is 1. The molecule has 1 rings (SSSR count). The van der Waals surface area contributed by atoms with Crippen LogP contribution >= 0.6 is 0 Å². The Bertz CT molecular complexity index is 161. The molecule has 14 heavy (non-hydrogen) atoms. The quantitative estimate of drug-likeness (QED) is 0.726. The van der Waals surface area contributed by atoms with Crippen molar-refractivity contribution in [2.45, 2.75) is 39.3 Å². The van der Waals surface area contributed by atoms with Gasteiger partial charge < -0.3 is 10.0 Å². The summed E-state index contributed by atoms with van der Waals surface area (Å²) < 4.78 is 0. The lowest BCUT2D eigenvalue weighted by Crippen LogP contribution is -2.54. The maximum atomic E-state index is 8.77. The first kappa shape index (κ1) is 12.0. The molecule has 0 aliphatic carbocycles. The highest BCUT2D eigenvalue weighted by molar-refractivity contribution is 4.80. The third-order valence-corrected chi connectivity index (χ3v) is 3.06. The summed E-state index contributed by atoms with van der Waals surface area (Å²) in [5, 5.41) is 8.77. The topological polar surface area (TPSA) is 26.7 Å². The first-order valence-corrected chi connectivity index (χ1v) is 5.74. The van der Waals surface area contributed by atoms with Crippen molar-refractivity contribution in [2.75, 3.05) is 32.8 Å². The number of rotatable bonds is 4. The molecule has 1 fully saturated rings. The van der Waals surface area contributed by atoms with Gasteiger partial charge in [0.1, 0.15) is 0 Å². The summed E-state index contributed by atoms with van der Waals surface area (Å²) in [5.74, 6) is 0. The van der Waals surface area contributed by atoms with Gasteiger partial charge in [0, 0.05) is 44.9 Å². The molecule has 1 aliphatic heterocycles. The second-order valence-corrected chi connectivity index (χ2v) is 4.56. The van der Waals surface area contributed by atoms with Gasteiger partial charge in [-0.05, 0) is 27.2 Å². The summed E-state index contributed by atoms with van der Waals surface area (Å²) in [6.07, 6.45) is 0.911. The number of hydrogen-bond acceptors (Lipinski definition) is 3. The molecule has 0 bridgehead atoms. The van der Waals surface area contributed by atoms with E-state index in [2.05, 4.69) is 30.6 Å². The summed E-state index contributed by atoms with van der Waals surface area (Å²) in [6.45, 7) is 11.7. The zero-order chi connectivity index (χ0) is 10.6. The maximum Gasteiger partial charge on any atom is 0.0443 e. The third-order valence-electron chi connectivity index (χ3n) is 3.06. The molecule has 84 valence electrons. The van der Waals surface area contributed by atoms with E-state index >= 15 is 0 Å². The Morgan fingerprint density at radius 3 is 2.57 bits per heavy atom. The van der Waals surface area contributed by atoms with Crippen LogP contribution in [0.2, 0.25) is 0 Å². The molecular weight excluding hydrogens is 176 g/mol. The van der Waals surface area contributed by atoms with E-state index in [-0.39, 0.29) is 0 Å². The predicted molar refractivity (Wildman–Crippen MR) is 59.4 cm³/mol. The minimum Gasteiger partial charge on any atom is -0.396 e. The smallest absolute Gasteiger partial charge is 0.0443 e. The zero-order valence-corrected chi connectivity index (χ0v) is 9.74. The fourth-order valence-corrected chi connectivity index (χ4v) is 2.31. The highest BCUT2D eigenvalue weighted by Gasteiger charge is 2.24. The van der Waals surface area contributed by atoms with Crippen molar-refractivity contribution in [1.82, 2.24) is 9.80 Å². The summed E-state index contributed by atoms with van der Waals surface area (Å²) in [6, 6.07) is 1.31. The van der Waals surface area contributed by atoms with Gasteiger partial charge in [-0.15, -0.1) is 0 Å². The number of aliphatic hydroxyl groups excluding tert-OH is 1. The Morgan fingerprint density at radius 2 is 2.07 bits per heavy atom. The molecule has 1 unspecified atom stereocenters. The first-order chi connectivity index (χ1) is 6.65. The van der Waals surface area contributed by atoms with Crippen molar-refractivity contribution in [3.8, 4) is 0 Å². The van der Waals surface area contributed by atoms with E-state index < -0.39 is 0 Å². The van der Waals surface area contributed by atoms with Crippen LogP contribution in [0.15, 0.2) is 0 Å². The predicted octanol–water partition coefficient (Wildman–Crippen LogP) is 0.783. The molecule has 3 heteroatoms. The van der Waals surface area contributed by atoms with E-state index in [4.69, 9.17) is 5.11 Å². The molecule has 1 aliphatic rings. The molecule has 0 radical (unpaired) electrons. The molecule has 1 saturated heterocycles. The van der Waals surface area contributed by atoms with Crippen LogP contribution < -0.4 is 0 Å². The Labute approximate surface area is 87.7 Å². The molecule has 0 amide bonds. The van der Waals surface area contributed by atoms with Crippen molar-refractivity contribution >= 4 is 0 Å². The lowest BCUT2D eigenvalue weighted by Gasteiger charge is -2.42. The number of nitrogens with zero attached hydrogens (tertiary/aromatic N) is 2. The second-order valence-electron chi connectivity index (χ2n) is 4.56. The van der Waals surface area contributed by atoms with Gasteiger partial charge in [0.05, 0.1) is 0 Å². The summed E-state index contributed by atoms with van der Waals surface area (Å²) in [5.41, 5.74) is 0. The molecule has 0 aromatic carbocycles. The van der Waals surface area contributed by atoms with Gasteiger partial charge in [-0.25, -0.2) is 0 Å². The normalized spacial score (nSPS) is 25.9. The van der Waals surface area contributed by atoms with Crippen LogP contribution in [0.5, 0.6) is 0 Å². The first-order valence-electron chi connectivity index (χ1n) is 5.74. The standard InChI is InChI=1S/C11H24N2O/c1-10(2)13-7-6-12(5-4-8-14)9-11(13)3/h10-11,14H,4-9H2,1-3H3. The van der Waals surface area contributed by atoms with E-state index in [0.29, 0.717) is 18.7 Å². The van der Waals surface area contributed by atoms with E-state index in [1.165, 1.54) is 6.54 Å². The Kier molecular flexibility index (Phi) is 4.85. The van der Waals surface area contributed by atoms with Crippen LogP contribution in [0.3, 0.4) is 0 Å². The molecule has 0 aromatic rings. The van der Waals surface area contributed by atoms with Crippen molar-refractivity contribution < 1.29 is 5.11 Å². The van der Waals surface area contributed by atoms with E-state index in [9.17, 15) is 0 Å². The van der Waals surface area contributed by atoms with Crippen molar-refractivity contribution in [3.05, 3.63) is 0 Å². The molecular formula is C11H24N2O. The van der Waals surface area contributed by atoms with Gasteiger partial charge in [0.25, 0.3) is 0 Å². The van der Waals surface area contributed by atoms with Gasteiger partial charge in [0.15, 0.2) is 0 Å². The number of piperazine rings is 1. The second kappa shape index (κ2) is 5.69. The van der Waals surface area contributed by atoms with Crippen LogP contribution in [-0.4, -0.2) is 59.8 Å². The molecule has 0 spiro atoms. The lowest BCUT2D eigenvalue weighted by atomic mass is 10.1. The van der Waals surface area contributed by atoms with Crippen molar-refractivity contribution in [3.63, 3.8) is 0 Å². The van der Waals surface area contributed by atoms with Gasteiger partial charge in [-0.3, -0.25) is 4.90 Å². The van der Waals surface area contributed by atoms with Crippen LogP contribution in [0, 0.1) is 0 Å². The largest absolute Gasteiger partial charge is 0.396 e. The molecule has 3 nitrogen and oxygen atoms in total. The van der Waals surface area contributed by atoms with Crippen LogP contribution in [0.1, 0.15) is 27.2 Å². The average molecular weight is 200 g/mol. The highest BCUT2D eigenvalue weighted by Crippen LogP contribution is 2.12. The van der Waals surface area contributed by atoms with E-state index in [1.807, 2.05) is 0 Å². The Hall–Kier alpha value is -0.120. The number of hydrogen-bond donors (Lipinski definition) is 1. The monoisotopic (exact) mass is 200 g/mol. The Balaban J connectivity index is 2.31. The van der Waals surface area contributed by atoms with Crippen LogP contribution in [0.4, 0.5) is 0 Å². The zero-order valence-electron chi connectivity index (χ0n) is 9.74. The van der Waals surface area contributed by atoms with Crippen LogP contribution in [0.25, 0.3) is 0 Å². The van der Waals surface area contributed by atoms with Gasteiger partial charge >= 0.3 is 0 Å². The van der Waals surface area contributed by atoms with E-state index in [0.717, 1.165) is 26.1 Å². The third kappa shape index (κ3) is 3.23. The van der Waals surface area contributed by atoms with Crippen molar-refractivity contribution in [1.29, 1.82) is 0 Å². The SMILES string of the molecule is CC(C)N1CCN(CCCO)CC1C. The molecule has 1 N–H and O–H groups in total. The average Bonchev–Trinajstić information content (AvgIpc) is 2.14. The fraction of sp³-hybridized carbons (Fsp3) is 1.00. The fourth-order valence-electron chi connectivity index (χ4n) is 2.31. The van der Waals surface area contributed by atoms with Gasteiger partial charge in [-0.1, -0.05) is 0 Å². The summed E-state index contributed by atoms with van der Waals surface area (Å²) >= 11 is 0.